The van der Waals surface area contributed by atoms with Crippen LogP contribution in [0.1, 0.15) is 35.6 Å². The predicted molar refractivity (Wildman–Crippen MR) is 111 cm³/mol. The molecule has 2 aromatic carbocycles. The van der Waals surface area contributed by atoms with Gasteiger partial charge in [0.25, 0.3) is 0 Å². The quantitative estimate of drug-likeness (QED) is 0.761. The summed E-state index contributed by atoms with van der Waals surface area (Å²) in [6.45, 7) is 1.19. The highest BCUT2D eigenvalue weighted by Gasteiger charge is 2.21. The first kappa shape index (κ1) is 20.2. The number of ether oxygens (including phenoxy) is 2. The lowest BCUT2D eigenvalue weighted by atomic mass is 9.88. The monoisotopic (exact) mass is 382 g/mol. The molecule has 0 spiro atoms. The summed E-state index contributed by atoms with van der Waals surface area (Å²) < 4.78 is 10.6. The summed E-state index contributed by atoms with van der Waals surface area (Å²) in [5.74, 6) is 1.54. The Morgan fingerprint density at radius 2 is 1.93 bits per heavy atom. The summed E-state index contributed by atoms with van der Waals surface area (Å²) in [4.78, 5) is 14.6. The molecule has 0 fully saturated rings. The lowest BCUT2D eigenvalue weighted by Gasteiger charge is -2.27. The molecule has 0 saturated carbocycles. The van der Waals surface area contributed by atoms with Gasteiger partial charge in [0.1, 0.15) is 0 Å². The number of carbonyl (C=O) groups excluding carboxylic acids is 1. The van der Waals surface area contributed by atoms with E-state index in [9.17, 15) is 4.79 Å². The van der Waals surface area contributed by atoms with E-state index in [1.54, 1.807) is 14.2 Å². The van der Waals surface area contributed by atoms with E-state index in [1.165, 1.54) is 11.1 Å². The van der Waals surface area contributed by atoms with Crippen LogP contribution in [-0.4, -0.2) is 45.2 Å². The molecule has 0 bridgehead atoms. The highest BCUT2D eigenvalue weighted by molar-refractivity contribution is 5.78. The van der Waals surface area contributed by atoms with Gasteiger partial charge in [-0.05, 0) is 61.6 Å². The van der Waals surface area contributed by atoms with Crippen molar-refractivity contribution >= 4 is 5.91 Å². The van der Waals surface area contributed by atoms with Crippen LogP contribution in [0.15, 0.2) is 42.5 Å². The lowest BCUT2D eigenvalue weighted by molar-refractivity contribution is -0.122. The predicted octanol–water partition coefficient (Wildman–Crippen LogP) is 3.37. The van der Waals surface area contributed by atoms with Crippen LogP contribution in [-0.2, 0) is 17.6 Å². The number of likely N-dealkylation sites (N-methyl/N-ethyl adjacent to an activating group) is 1. The van der Waals surface area contributed by atoms with Gasteiger partial charge in [-0.2, -0.15) is 0 Å². The maximum atomic E-state index is 12.5. The minimum Gasteiger partial charge on any atom is -0.493 e. The number of aryl methyl sites for hydroxylation is 1. The fourth-order valence-electron chi connectivity index (χ4n) is 3.82. The van der Waals surface area contributed by atoms with Gasteiger partial charge in [-0.1, -0.05) is 30.3 Å². The summed E-state index contributed by atoms with van der Waals surface area (Å²) in [6, 6.07) is 14.5. The largest absolute Gasteiger partial charge is 0.493 e. The molecular formula is C23H30N2O3. The van der Waals surface area contributed by atoms with Gasteiger partial charge in [0, 0.05) is 6.54 Å². The Kier molecular flexibility index (Phi) is 6.93. The van der Waals surface area contributed by atoms with Crippen molar-refractivity contribution in [1.82, 2.24) is 10.2 Å². The second kappa shape index (κ2) is 9.60. The topological polar surface area (TPSA) is 50.8 Å². The summed E-state index contributed by atoms with van der Waals surface area (Å²) in [6.07, 6.45) is 4.08. The fraction of sp³-hybridized carbons (Fsp3) is 0.435. The molecule has 2 aromatic rings. The second-order valence-corrected chi connectivity index (χ2v) is 7.39. The summed E-state index contributed by atoms with van der Waals surface area (Å²) in [7, 11) is 5.26. The Morgan fingerprint density at radius 1 is 1.14 bits per heavy atom. The smallest absolute Gasteiger partial charge is 0.234 e. The SMILES string of the molecule is COc1ccc(CCN(C)CC(=O)N[C@H]2CCCc3ccccc32)cc1OC. The Hall–Kier alpha value is -2.53. The summed E-state index contributed by atoms with van der Waals surface area (Å²) in [5, 5.41) is 3.22. The van der Waals surface area contributed by atoms with Crippen LogP contribution >= 0.6 is 0 Å². The van der Waals surface area contributed by atoms with Crippen molar-refractivity contribution in [2.24, 2.45) is 0 Å². The molecule has 1 aliphatic rings. The van der Waals surface area contributed by atoms with Crippen LogP contribution in [0, 0.1) is 0 Å². The van der Waals surface area contributed by atoms with E-state index >= 15 is 0 Å². The van der Waals surface area contributed by atoms with Gasteiger partial charge in [-0.15, -0.1) is 0 Å². The molecule has 5 heteroatoms. The normalized spacial score (nSPS) is 15.8. The number of hydrogen-bond acceptors (Lipinski definition) is 4. The number of benzene rings is 2. The van der Waals surface area contributed by atoms with Gasteiger partial charge in [-0.3, -0.25) is 9.69 Å². The van der Waals surface area contributed by atoms with Crippen molar-refractivity contribution in [2.45, 2.75) is 31.7 Å². The molecule has 150 valence electrons. The number of nitrogens with zero attached hydrogens (tertiary/aromatic N) is 1. The van der Waals surface area contributed by atoms with Crippen LogP contribution in [0.4, 0.5) is 0 Å². The average Bonchev–Trinajstić information content (AvgIpc) is 2.72. The third-order valence-corrected chi connectivity index (χ3v) is 5.35. The van der Waals surface area contributed by atoms with E-state index in [0.717, 1.165) is 49.3 Å². The second-order valence-electron chi connectivity index (χ2n) is 7.39. The first-order chi connectivity index (χ1) is 13.6. The number of fused-ring (bicyclic) bond motifs is 1. The third-order valence-electron chi connectivity index (χ3n) is 5.35. The zero-order valence-corrected chi connectivity index (χ0v) is 17.0. The van der Waals surface area contributed by atoms with Gasteiger partial charge in [-0.25, -0.2) is 0 Å². The molecule has 0 saturated heterocycles. The van der Waals surface area contributed by atoms with Crippen molar-refractivity contribution in [2.75, 3.05) is 34.4 Å². The van der Waals surface area contributed by atoms with Crippen molar-refractivity contribution in [3.63, 3.8) is 0 Å². The molecule has 1 N–H and O–H groups in total. The van der Waals surface area contributed by atoms with Crippen LogP contribution in [0.2, 0.25) is 0 Å². The minimum atomic E-state index is 0.0801. The number of nitrogens with one attached hydrogen (secondary N) is 1. The standard InChI is InChI=1S/C23H30N2O3/c1-25(14-13-17-11-12-21(27-2)22(15-17)28-3)16-23(26)24-20-10-6-8-18-7-4-5-9-19(18)20/h4-5,7,9,11-12,15,20H,6,8,10,13-14,16H2,1-3H3,(H,24,26)/t20-/m0/s1. The summed E-state index contributed by atoms with van der Waals surface area (Å²) in [5.41, 5.74) is 3.79. The zero-order valence-electron chi connectivity index (χ0n) is 17.0. The van der Waals surface area contributed by atoms with Crippen LogP contribution in [0.25, 0.3) is 0 Å². The molecule has 3 rings (SSSR count). The molecule has 1 atom stereocenters. The van der Waals surface area contributed by atoms with E-state index in [2.05, 4.69) is 34.5 Å². The Labute approximate surface area is 167 Å². The molecule has 1 aliphatic carbocycles. The average molecular weight is 383 g/mol. The molecule has 1 amide bonds. The van der Waals surface area contributed by atoms with E-state index in [1.807, 2.05) is 25.2 Å². The van der Waals surface area contributed by atoms with Crippen molar-refractivity contribution in [1.29, 1.82) is 0 Å². The van der Waals surface area contributed by atoms with Gasteiger partial charge in [0.15, 0.2) is 11.5 Å². The number of hydrogen-bond donors (Lipinski definition) is 1. The Morgan fingerprint density at radius 3 is 2.71 bits per heavy atom. The maximum absolute atomic E-state index is 12.5. The molecule has 5 nitrogen and oxygen atoms in total. The Balaban J connectivity index is 1.50. The lowest BCUT2D eigenvalue weighted by Crippen LogP contribution is -2.38. The van der Waals surface area contributed by atoms with Gasteiger partial charge in [0.2, 0.25) is 5.91 Å². The zero-order chi connectivity index (χ0) is 19.9. The highest BCUT2D eigenvalue weighted by atomic mass is 16.5. The minimum absolute atomic E-state index is 0.0801. The first-order valence-corrected chi connectivity index (χ1v) is 9.87. The van der Waals surface area contributed by atoms with Crippen LogP contribution < -0.4 is 14.8 Å². The van der Waals surface area contributed by atoms with E-state index in [4.69, 9.17) is 9.47 Å². The number of methoxy groups -OCH3 is 2. The van der Waals surface area contributed by atoms with Crippen LogP contribution in [0.5, 0.6) is 11.5 Å². The molecule has 0 aromatic heterocycles. The maximum Gasteiger partial charge on any atom is 0.234 e. The third kappa shape index (κ3) is 5.04. The molecule has 28 heavy (non-hydrogen) atoms. The van der Waals surface area contributed by atoms with Gasteiger partial charge < -0.3 is 14.8 Å². The van der Waals surface area contributed by atoms with E-state index in [0.29, 0.717) is 6.54 Å². The first-order valence-electron chi connectivity index (χ1n) is 9.87. The number of rotatable bonds is 8. The number of carbonyl (C=O) groups is 1. The fourth-order valence-corrected chi connectivity index (χ4v) is 3.82. The highest BCUT2D eigenvalue weighted by Crippen LogP contribution is 2.29. The van der Waals surface area contributed by atoms with Crippen molar-refractivity contribution in [3.8, 4) is 11.5 Å². The van der Waals surface area contributed by atoms with Gasteiger partial charge in [0.05, 0.1) is 26.8 Å². The van der Waals surface area contributed by atoms with E-state index < -0.39 is 0 Å². The van der Waals surface area contributed by atoms with E-state index in [-0.39, 0.29) is 11.9 Å². The molecular weight excluding hydrogens is 352 g/mol. The van der Waals surface area contributed by atoms with Crippen molar-refractivity contribution < 1.29 is 14.3 Å². The van der Waals surface area contributed by atoms with Crippen LogP contribution in [0.3, 0.4) is 0 Å². The molecule has 0 aliphatic heterocycles. The number of amides is 1. The van der Waals surface area contributed by atoms with Gasteiger partial charge >= 0.3 is 0 Å². The molecule has 0 heterocycles. The molecule has 0 radical (unpaired) electrons. The summed E-state index contributed by atoms with van der Waals surface area (Å²) >= 11 is 0. The Bertz CT molecular complexity index is 806. The molecule has 0 unspecified atom stereocenters. The van der Waals surface area contributed by atoms with Crippen molar-refractivity contribution in [3.05, 3.63) is 59.2 Å².